The second kappa shape index (κ2) is 23.8. The van der Waals surface area contributed by atoms with Crippen molar-refractivity contribution in [3.05, 3.63) is 53.7 Å². The van der Waals surface area contributed by atoms with Gasteiger partial charge < -0.3 is 30.6 Å². The van der Waals surface area contributed by atoms with Gasteiger partial charge in [-0.25, -0.2) is 18.5 Å². The van der Waals surface area contributed by atoms with Crippen molar-refractivity contribution in [3.63, 3.8) is 0 Å². The van der Waals surface area contributed by atoms with Crippen LogP contribution in [0.25, 0.3) is 5.52 Å². The summed E-state index contributed by atoms with van der Waals surface area (Å²) < 4.78 is 57.1. The molecule has 55 heavy (non-hydrogen) atoms. The fourth-order valence-electron chi connectivity index (χ4n) is 6.81. The molecule has 1 aliphatic heterocycles. The van der Waals surface area contributed by atoms with Crippen molar-refractivity contribution in [3.8, 4) is 11.8 Å². The Labute approximate surface area is 325 Å². The van der Waals surface area contributed by atoms with E-state index in [0.717, 1.165) is 31.0 Å². The molecule has 15 heteroatoms. The summed E-state index contributed by atoms with van der Waals surface area (Å²) in [6.45, 7) is 2.30. The number of anilines is 1. The first-order valence-electron chi connectivity index (χ1n) is 20.2. The van der Waals surface area contributed by atoms with E-state index in [2.05, 4.69) is 17.0 Å². The van der Waals surface area contributed by atoms with Crippen molar-refractivity contribution < 1.29 is 37.1 Å². The third kappa shape index (κ3) is 16.1. The number of rotatable bonds is 29. The molecule has 306 valence electrons. The molecule has 1 saturated heterocycles. The lowest BCUT2D eigenvalue weighted by atomic mass is 10.0. The maximum Gasteiger partial charge on any atom is 0.472 e. The van der Waals surface area contributed by atoms with Gasteiger partial charge in [0.2, 0.25) is 0 Å². The third-order valence-corrected chi connectivity index (χ3v) is 10.9. The van der Waals surface area contributed by atoms with Crippen molar-refractivity contribution in [2.75, 3.05) is 38.8 Å². The summed E-state index contributed by atoms with van der Waals surface area (Å²) in [5.74, 6) is -0.623. The predicted molar refractivity (Wildman–Crippen MR) is 210 cm³/mol. The second-order valence-electron chi connectivity index (χ2n) is 14.8. The highest BCUT2D eigenvalue weighted by Gasteiger charge is 2.41. The number of hydrogen-bond donors (Lipinski definition) is 3. The Morgan fingerprint density at radius 1 is 0.982 bits per heavy atom. The summed E-state index contributed by atoms with van der Waals surface area (Å²) in [6, 6.07) is 9.22. The number of fused-ring (bicyclic) bond motifs is 1. The highest BCUT2D eigenvalue weighted by atomic mass is 31.2. The Morgan fingerprint density at radius 3 is 2.29 bits per heavy atom. The van der Waals surface area contributed by atoms with Gasteiger partial charge in [-0.05, 0) is 43.5 Å². The lowest BCUT2D eigenvalue weighted by Crippen LogP contribution is -2.43. The van der Waals surface area contributed by atoms with Gasteiger partial charge in [0.1, 0.15) is 41.8 Å². The molecule has 0 aliphatic carbocycles. The number of halogens is 1. The molecule has 3 heterocycles. The van der Waals surface area contributed by atoms with E-state index in [1.165, 1.54) is 102 Å². The molecule has 4 atom stereocenters. The molecule has 0 amide bonds. The van der Waals surface area contributed by atoms with Crippen LogP contribution in [-0.2, 0) is 23.1 Å². The standard InChI is InChI=1S/C40H62FN6O7P/c1-2-3-4-5-6-7-8-9-10-11-12-13-14-15-16-17-22-50-27-33(28-51-35-24-32(26-42)23-34(41)25-35)29-52-55(48,49)53-30-40(44)21-20-38(54-40)36-18-19-37-39(43)45-31-46-47(36)37/h18-19,23-25,31,33,38H,2-17,20-22,27-30,44H2,1H3,(H,48,49)(H2,43,45,46)/t33?,38-,40+/m1/s1. The van der Waals surface area contributed by atoms with E-state index in [0.29, 0.717) is 30.8 Å². The SMILES string of the molecule is CCCCCCCCCCCCCCCCCCOCC(COc1cc(F)cc(C#N)c1)COP(=O)(O)OC[C@]1(N)CC[C@H](c2ccc3c(N)ncnn23)O1. The molecule has 0 radical (unpaired) electrons. The van der Waals surface area contributed by atoms with Crippen LogP contribution in [0.4, 0.5) is 10.2 Å². The van der Waals surface area contributed by atoms with Gasteiger partial charge in [0, 0.05) is 18.6 Å². The van der Waals surface area contributed by atoms with Crippen molar-refractivity contribution in [2.24, 2.45) is 11.7 Å². The molecule has 1 fully saturated rings. The third-order valence-electron chi connectivity index (χ3n) is 9.97. The molecular weight excluding hydrogens is 726 g/mol. The smallest absolute Gasteiger partial charge is 0.472 e. The van der Waals surface area contributed by atoms with Gasteiger partial charge in [-0.2, -0.15) is 10.4 Å². The highest BCUT2D eigenvalue weighted by Crippen LogP contribution is 2.46. The quantitative estimate of drug-likeness (QED) is 0.0448. The summed E-state index contributed by atoms with van der Waals surface area (Å²) >= 11 is 0. The van der Waals surface area contributed by atoms with E-state index in [1.54, 1.807) is 10.6 Å². The van der Waals surface area contributed by atoms with Crippen molar-refractivity contribution in [1.29, 1.82) is 5.26 Å². The number of unbranched alkanes of at least 4 members (excludes halogenated alkanes) is 15. The van der Waals surface area contributed by atoms with Crippen LogP contribution in [0.2, 0.25) is 0 Å². The second-order valence-corrected chi connectivity index (χ2v) is 16.2. The van der Waals surface area contributed by atoms with Gasteiger partial charge in [0.15, 0.2) is 5.82 Å². The molecule has 2 aromatic heterocycles. The van der Waals surface area contributed by atoms with E-state index in [9.17, 15) is 19.1 Å². The molecule has 4 rings (SSSR count). The minimum absolute atomic E-state index is 0.0156. The fraction of sp³-hybridized carbons (Fsp3) is 0.675. The fourth-order valence-corrected chi connectivity index (χ4v) is 7.66. The van der Waals surface area contributed by atoms with Crippen LogP contribution in [0, 0.1) is 23.1 Å². The Balaban J connectivity index is 1.14. The van der Waals surface area contributed by atoms with Gasteiger partial charge in [-0.3, -0.25) is 9.05 Å². The molecule has 1 aromatic carbocycles. The highest BCUT2D eigenvalue weighted by molar-refractivity contribution is 7.47. The number of aromatic nitrogens is 3. The van der Waals surface area contributed by atoms with Crippen molar-refractivity contribution in [1.82, 2.24) is 14.6 Å². The number of benzene rings is 1. The first-order chi connectivity index (χ1) is 26.6. The number of phosphoric ester groups is 1. The Morgan fingerprint density at radius 2 is 1.64 bits per heavy atom. The number of phosphoric acid groups is 1. The number of nitrogens with two attached hydrogens (primary N) is 2. The first-order valence-corrected chi connectivity index (χ1v) is 21.7. The summed E-state index contributed by atoms with van der Waals surface area (Å²) in [5.41, 5.74) is 12.5. The lowest BCUT2D eigenvalue weighted by molar-refractivity contribution is -0.0726. The number of ether oxygens (including phenoxy) is 3. The van der Waals surface area contributed by atoms with Gasteiger partial charge in [-0.1, -0.05) is 103 Å². The summed E-state index contributed by atoms with van der Waals surface area (Å²) in [4.78, 5) is 14.6. The molecule has 2 unspecified atom stereocenters. The Bertz CT molecular complexity index is 1660. The predicted octanol–water partition coefficient (Wildman–Crippen LogP) is 8.94. The van der Waals surface area contributed by atoms with Crippen LogP contribution in [0.15, 0.2) is 36.7 Å². The number of nitrogen functional groups attached to an aromatic ring is 1. The van der Waals surface area contributed by atoms with Crippen LogP contribution in [0.1, 0.15) is 140 Å². The summed E-state index contributed by atoms with van der Waals surface area (Å²) in [6.07, 6.45) is 22.3. The van der Waals surface area contributed by atoms with Crippen molar-refractivity contribution >= 4 is 19.2 Å². The van der Waals surface area contributed by atoms with E-state index in [-0.39, 0.29) is 31.1 Å². The van der Waals surface area contributed by atoms with Crippen molar-refractivity contribution in [2.45, 2.75) is 134 Å². The minimum Gasteiger partial charge on any atom is -0.493 e. The summed E-state index contributed by atoms with van der Waals surface area (Å²) in [7, 11) is -4.58. The molecule has 5 N–H and O–H groups in total. The number of hydrogen-bond acceptors (Lipinski definition) is 11. The zero-order valence-electron chi connectivity index (χ0n) is 32.5. The first kappa shape index (κ1) is 44.6. The van der Waals surface area contributed by atoms with Crippen LogP contribution in [-0.4, -0.2) is 58.3 Å². The van der Waals surface area contributed by atoms with Crippen LogP contribution < -0.4 is 16.2 Å². The molecule has 1 aliphatic rings. The zero-order chi connectivity index (χ0) is 39.4. The maximum absolute atomic E-state index is 14.0. The Kier molecular flexibility index (Phi) is 19.3. The number of nitriles is 1. The molecule has 3 aromatic rings. The van der Waals surface area contributed by atoms with E-state index in [4.69, 9.17) is 34.7 Å². The Hall–Kier alpha value is -3.15. The summed E-state index contributed by atoms with van der Waals surface area (Å²) in [5, 5.41) is 13.5. The van der Waals surface area contributed by atoms with Gasteiger partial charge in [0.25, 0.3) is 0 Å². The van der Waals surface area contributed by atoms with Crippen LogP contribution in [0.3, 0.4) is 0 Å². The molecule has 0 bridgehead atoms. The monoisotopic (exact) mass is 788 g/mol. The van der Waals surface area contributed by atoms with Crippen LogP contribution in [0.5, 0.6) is 5.75 Å². The average molecular weight is 789 g/mol. The topological polar surface area (TPSA) is 189 Å². The molecular formula is C40H62FN6O7P. The lowest BCUT2D eigenvalue weighted by Gasteiger charge is -2.26. The molecule has 0 saturated carbocycles. The number of nitrogens with zero attached hydrogens (tertiary/aromatic N) is 4. The van der Waals surface area contributed by atoms with Gasteiger partial charge in [-0.15, -0.1) is 0 Å². The van der Waals surface area contributed by atoms with E-state index in [1.807, 2.05) is 12.1 Å². The molecule has 13 nitrogen and oxygen atoms in total. The molecule has 0 spiro atoms. The van der Waals surface area contributed by atoms with E-state index >= 15 is 0 Å². The van der Waals surface area contributed by atoms with Crippen LogP contribution >= 0.6 is 7.82 Å². The van der Waals surface area contributed by atoms with E-state index < -0.39 is 38.0 Å². The average Bonchev–Trinajstić information content (AvgIpc) is 3.79. The largest absolute Gasteiger partial charge is 0.493 e. The normalized spacial score (nSPS) is 18.7. The van der Waals surface area contributed by atoms with Gasteiger partial charge >= 0.3 is 7.82 Å². The zero-order valence-corrected chi connectivity index (χ0v) is 33.4. The minimum atomic E-state index is -4.58. The van der Waals surface area contributed by atoms with Gasteiger partial charge in [0.05, 0.1) is 37.1 Å². The maximum atomic E-state index is 14.0.